The number of methoxy groups -OCH3 is 2. The average molecular weight is 394 g/mol. The average Bonchev–Trinajstić information content (AvgIpc) is 3.13. The molecule has 0 aliphatic rings. The first-order valence-corrected chi connectivity index (χ1v) is 8.10. The summed E-state index contributed by atoms with van der Waals surface area (Å²) in [7, 11) is 2.92. The number of aromatic nitrogens is 2. The third kappa shape index (κ3) is 3.58. The van der Waals surface area contributed by atoms with Gasteiger partial charge in [-0.3, -0.25) is 4.79 Å². The Morgan fingerprint density at radius 3 is 2.46 bits per heavy atom. The molecular weight excluding hydrogens is 381 g/mol. The standard InChI is InChI=1S/C17H13Cl2N3O4/c1-24-13-8-12(14(25-2)7-11(13)19)20-15(23)17-22-21-16(26-17)9-5-3-4-6-10(9)18/h3-8H,1-2H3,(H,20,23). The Morgan fingerprint density at radius 2 is 1.77 bits per heavy atom. The molecule has 0 spiro atoms. The van der Waals surface area contributed by atoms with Crippen molar-refractivity contribution in [2.45, 2.75) is 0 Å². The molecule has 134 valence electrons. The van der Waals surface area contributed by atoms with E-state index in [0.29, 0.717) is 32.8 Å². The number of rotatable bonds is 5. The van der Waals surface area contributed by atoms with Gasteiger partial charge >= 0.3 is 11.8 Å². The second kappa shape index (κ2) is 7.63. The van der Waals surface area contributed by atoms with E-state index in [1.54, 1.807) is 24.3 Å². The number of nitrogens with zero attached hydrogens (tertiary/aromatic N) is 2. The van der Waals surface area contributed by atoms with Crippen LogP contribution in [0.1, 0.15) is 10.7 Å². The molecule has 0 bridgehead atoms. The fourth-order valence-electron chi connectivity index (χ4n) is 2.19. The Kier molecular flexibility index (Phi) is 5.29. The van der Waals surface area contributed by atoms with Crippen molar-refractivity contribution in [2.75, 3.05) is 19.5 Å². The summed E-state index contributed by atoms with van der Waals surface area (Å²) in [6.07, 6.45) is 0. The lowest BCUT2D eigenvalue weighted by Crippen LogP contribution is -2.13. The predicted octanol–water partition coefficient (Wildman–Crippen LogP) is 4.31. The van der Waals surface area contributed by atoms with E-state index in [1.165, 1.54) is 26.4 Å². The van der Waals surface area contributed by atoms with Gasteiger partial charge in [0.25, 0.3) is 0 Å². The Morgan fingerprint density at radius 1 is 1.04 bits per heavy atom. The van der Waals surface area contributed by atoms with Gasteiger partial charge in [0.1, 0.15) is 11.5 Å². The quantitative estimate of drug-likeness (QED) is 0.694. The molecule has 3 aromatic rings. The van der Waals surface area contributed by atoms with Crippen LogP contribution in [0.4, 0.5) is 5.69 Å². The first-order chi connectivity index (χ1) is 12.5. The van der Waals surface area contributed by atoms with Crippen molar-refractivity contribution < 1.29 is 18.7 Å². The molecule has 0 unspecified atom stereocenters. The lowest BCUT2D eigenvalue weighted by Gasteiger charge is -2.12. The van der Waals surface area contributed by atoms with Gasteiger partial charge in [0, 0.05) is 12.1 Å². The van der Waals surface area contributed by atoms with E-state index >= 15 is 0 Å². The van der Waals surface area contributed by atoms with Crippen LogP contribution < -0.4 is 14.8 Å². The summed E-state index contributed by atoms with van der Waals surface area (Å²) in [6, 6.07) is 10.0. The molecule has 0 fully saturated rings. The lowest BCUT2D eigenvalue weighted by molar-refractivity contribution is 0.0990. The van der Waals surface area contributed by atoms with Crippen molar-refractivity contribution in [3.05, 3.63) is 52.3 Å². The SMILES string of the molecule is COc1cc(NC(=O)c2nnc(-c3ccccc3Cl)o2)c(OC)cc1Cl. The van der Waals surface area contributed by atoms with E-state index < -0.39 is 5.91 Å². The van der Waals surface area contributed by atoms with Crippen LogP contribution in [-0.4, -0.2) is 30.3 Å². The largest absolute Gasteiger partial charge is 0.495 e. The molecule has 7 nitrogen and oxygen atoms in total. The van der Waals surface area contributed by atoms with E-state index in [-0.39, 0.29) is 11.8 Å². The van der Waals surface area contributed by atoms with Gasteiger partial charge in [-0.05, 0) is 12.1 Å². The van der Waals surface area contributed by atoms with Crippen LogP contribution in [0, 0.1) is 0 Å². The van der Waals surface area contributed by atoms with Crippen LogP contribution in [-0.2, 0) is 0 Å². The summed E-state index contributed by atoms with van der Waals surface area (Å²) in [4.78, 5) is 12.4. The molecule has 0 saturated heterocycles. The highest BCUT2D eigenvalue weighted by atomic mass is 35.5. The number of benzene rings is 2. The topological polar surface area (TPSA) is 86.5 Å². The first kappa shape index (κ1) is 18.0. The number of carbonyl (C=O) groups is 1. The minimum absolute atomic E-state index is 0.140. The van der Waals surface area contributed by atoms with E-state index in [4.69, 9.17) is 37.1 Å². The summed E-state index contributed by atoms with van der Waals surface area (Å²) in [5.74, 6) is 0.0378. The number of halogens is 2. The zero-order chi connectivity index (χ0) is 18.7. The Labute approximate surface area is 158 Å². The predicted molar refractivity (Wildman–Crippen MR) is 97.3 cm³/mol. The number of hydrogen-bond acceptors (Lipinski definition) is 6. The van der Waals surface area contributed by atoms with Gasteiger partial charge in [0.05, 0.1) is 35.5 Å². The monoisotopic (exact) mass is 393 g/mol. The van der Waals surface area contributed by atoms with Crippen LogP contribution >= 0.6 is 23.2 Å². The maximum Gasteiger partial charge on any atom is 0.313 e. The molecule has 3 rings (SSSR count). The molecule has 0 atom stereocenters. The van der Waals surface area contributed by atoms with Crippen LogP contribution in [0.15, 0.2) is 40.8 Å². The van der Waals surface area contributed by atoms with Gasteiger partial charge in [-0.1, -0.05) is 35.3 Å². The third-order valence-corrected chi connectivity index (χ3v) is 4.07. The molecule has 1 heterocycles. The lowest BCUT2D eigenvalue weighted by atomic mass is 10.2. The van der Waals surface area contributed by atoms with Gasteiger partial charge in [-0.25, -0.2) is 0 Å². The van der Waals surface area contributed by atoms with Crippen molar-refractivity contribution in [1.82, 2.24) is 10.2 Å². The van der Waals surface area contributed by atoms with Gasteiger partial charge in [0.2, 0.25) is 5.89 Å². The van der Waals surface area contributed by atoms with E-state index in [0.717, 1.165) is 0 Å². The van der Waals surface area contributed by atoms with Crippen LogP contribution in [0.25, 0.3) is 11.5 Å². The van der Waals surface area contributed by atoms with Gasteiger partial charge in [0.15, 0.2) is 0 Å². The minimum atomic E-state index is -0.613. The fourth-order valence-corrected chi connectivity index (χ4v) is 2.64. The highest BCUT2D eigenvalue weighted by molar-refractivity contribution is 6.33. The summed E-state index contributed by atoms with van der Waals surface area (Å²) >= 11 is 12.1. The number of hydrogen-bond donors (Lipinski definition) is 1. The van der Waals surface area contributed by atoms with E-state index in [1.807, 2.05) is 0 Å². The maximum absolute atomic E-state index is 12.4. The molecular formula is C17H13Cl2N3O4. The number of ether oxygens (including phenoxy) is 2. The van der Waals surface area contributed by atoms with Crippen molar-refractivity contribution in [1.29, 1.82) is 0 Å². The highest BCUT2D eigenvalue weighted by Gasteiger charge is 2.20. The first-order valence-electron chi connectivity index (χ1n) is 7.34. The Bertz CT molecular complexity index is 959. The minimum Gasteiger partial charge on any atom is -0.495 e. The third-order valence-electron chi connectivity index (χ3n) is 3.45. The van der Waals surface area contributed by atoms with Gasteiger partial charge in [-0.2, -0.15) is 0 Å². The molecule has 0 radical (unpaired) electrons. The Balaban J connectivity index is 1.87. The zero-order valence-electron chi connectivity index (χ0n) is 13.7. The smallest absolute Gasteiger partial charge is 0.313 e. The second-order valence-electron chi connectivity index (χ2n) is 5.03. The fraction of sp³-hybridized carbons (Fsp3) is 0.118. The molecule has 0 saturated carbocycles. The van der Waals surface area contributed by atoms with Crippen LogP contribution in [0.3, 0.4) is 0 Å². The van der Waals surface area contributed by atoms with Crippen molar-refractivity contribution in [3.8, 4) is 23.0 Å². The molecule has 0 aliphatic carbocycles. The van der Waals surface area contributed by atoms with E-state index in [9.17, 15) is 4.79 Å². The van der Waals surface area contributed by atoms with Gasteiger partial charge < -0.3 is 19.2 Å². The van der Waals surface area contributed by atoms with E-state index in [2.05, 4.69) is 15.5 Å². The Hall–Kier alpha value is -2.77. The van der Waals surface area contributed by atoms with Crippen molar-refractivity contribution in [2.24, 2.45) is 0 Å². The van der Waals surface area contributed by atoms with Crippen molar-refractivity contribution in [3.63, 3.8) is 0 Å². The summed E-state index contributed by atoms with van der Waals surface area (Å²) in [5, 5.41) is 11.0. The number of nitrogens with one attached hydrogen (secondary N) is 1. The number of carbonyl (C=O) groups excluding carboxylic acids is 1. The van der Waals surface area contributed by atoms with Gasteiger partial charge in [-0.15, -0.1) is 10.2 Å². The molecule has 1 amide bonds. The number of anilines is 1. The van der Waals surface area contributed by atoms with Crippen LogP contribution in [0.5, 0.6) is 11.5 Å². The normalized spacial score (nSPS) is 10.5. The zero-order valence-corrected chi connectivity index (χ0v) is 15.3. The summed E-state index contributed by atoms with van der Waals surface area (Å²) in [5.41, 5.74) is 0.878. The number of amides is 1. The molecule has 2 aromatic carbocycles. The maximum atomic E-state index is 12.4. The molecule has 9 heteroatoms. The highest BCUT2D eigenvalue weighted by Crippen LogP contribution is 2.36. The van der Waals surface area contributed by atoms with Crippen LogP contribution in [0.2, 0.25) is 10.0 Å². The summed E-state index contributed by atoms with van der Waals surface area (Å²) in [6.45, 7) is 0. The molecule has 26 heavy (non-hydrogen) atoms. The summed E-state index contributed by atoms with van der Waals surface area (Å²) < 4.78 is 15.8. The molecule has 1 aromatic heterocycles. The molecule has 0 aliphatic heterocycles. The molecule has 1 N–H and O–H groups in total. The van der Waals surface area contributed by atoms with Crippen molar-refractivity contribution >= 4 is 34.8 Å². The second-order valence-corrected chi connectivity index (χ2v) is 5.85.